The second kappa shape index (κ2) is 3.94. The number of hydrogen-bond donors (Lipinski definition) is 1. The number of hydrogen-bond acceptors (Lipinski definition) is 1. The largest absolute Gasteiger partial charge is 0.508 e. The Hall–Kier alpha value is -0.980. The van der Waals surface area contributed by atoms with Crippen LogP contribution < -0.4 is 0 Å². The zero-order valence-corrected chi connectivity index (χ0v) is 6.81. The van der Waals surface area contributed by atoms with Gasteiger partial charge in [0.2, 0.25) is 0 Å². The minimum absolute atomic E-state index is 0.301. The smallest absolute Gasteiger partial charge is 0.118 e. The topological polar surface area (TPSA) is 20.2 Å². The van der Waals surface area contributed by atoms with Crippen molar-refractivity contribution in [3.05, 3.63) is 35.6 Å². The Bertz CT molecular complexity index is 185. The Kier molecular flexibility index (Phi) is 3.55. The third-order valence-corrected chi connectivity index (χ3v) is 1.22. The third kappa shape index (κ3) is 3.13. The van der Waals surface area contributed by atoms with Crippen LogP contribution >= 0.6 is 0 Å². The van der Waals surface area contributed by atoms with Crippen molar-refractivity contribution >= 4 is 0 Å². The van der Waals surface area contributed by atoms with Crippen LogP contribution in [0.5, 0.6) is 0 Å². The van der Waals surface area contributed by atoms with E-state index in [1.165, 1.54) is 0 Å². The average molecular weight is 138 g/mol. The van der Waals surface area contributed by atoms with E-state index < -0.39 is 0 Å². The third-order valence-electron chi connectivity index (χ3n) is 1.22. The van der Waals surface area contributed by atoms with Gasteiger partial charge in [-0.3, -0.25) is 0 Å². The van der Waals surface area contributed by atoms with Gasteiger partial charge < -0.3 is 5.11 Å². The SMILES string of the molecule is C=C(C)/C=C(O)\C(C)=C/C. The molecule has 0 aromatic carbocycles. The maximum atomic E-state index is 9.22. The van der Waals surface area contributed by atoms with Gasteiger partial charge in [-0.15, -0.1) is 0 Å². The van der Waals surface area contributed by atoms with Crippen molar-refractivity contribution < 1.29 is 5.11 Å². The van der Waals surface area contributed by atoms with E-state index >= 15 is 0 Å². The van der Waals surface area contributed by atoms with E-state index in [-0.39, 0.29) is 0 Å². The highest BCUT2D eigenvalue weighted by atomic mass is 16.3. The highest BCUT2D eigenvalue weighted by Crippen LogP contribution is 2.06. The number of aliphatic hydroxyl groups is 1. The standard InChI is InChI=1S/C9H14O/c1-5-8(4)9(10)6-7(2)3/h5-6,10H,2H2,1,3-4H3/b8-5-,9-6+. The van der Waals surface area contributed by atoms with E-state index in [0.717, 1.165) is 11.1 Å². The fourth-order valence-corrected chi connectivity index (χ4v) is 0.495. The van der Waals surface area contributed by atoms with Gasteiger partial charge in [0.05, 0.1) is 0 Å². The summed E-state index contributed by atoms with van der Waals surface area (Å²) >= 11 is 0. The zero-order chi connectivity index (χ0) is 8.15. The first-order valence-corrected chi connectivity index (χ1v) is 3.27. The molecular weight excluding hydrogens is 124 g/mol. The molecule has 0 saturated carbocycles. The average Bonchev–Trinajstić information content (AvgIpc) is 1.85. The molecule has 0 amide bonds. The molecule has 0 rings (SSSR count). The lowest BCUT2D eigenvalue weighted by Gasteiger charge is -1.97. The highest BCUT2D eigenvalue weighted by Gasteiger charge is 1.92. The molecule has 0 spiro atoms. The lowest BCUT2D eigenvalue weighted by atomic mass is 10.2. The maximum Gasteiger partial charge on any atom is 0.118 e. The molecule has 0 aliphatic rings. The molecule has 0 unspecified atom stereocenters. The van der Waals surface area contributed by atoms with Gasteiger partial charge in [-0.05, 0) is 32.4 Å². The van der Waals surface area contributed by atoms with E-state index in [4.69, 9.17) is 0 Å². The van der Waals surface area contributed by atoms with Crippen LogP contribution in [0.25, 0.3) is 0 Å². The second-order valence-electron chi connectivity index (χ2n) is 2.35. The first-order valence-electron chi connectivity index (χ1n) is 3.27. The van der Waals surface area contributed by atoms with Crippen molar-refractivity contribution in [1.29, 1.82) is 0 Å². The molecule has 0 heterocycles. The van der Waals surface area contributed by atoms with Gasteiger partial charge in [0.1, 0.15) is 5.76 Å². The summed E-state index contributed by atoms with van der Waals surface area (Å²) in [6, 6.07) is 0. The Morgan fingerprint density at radius 3 is 2.20 bits per heavy atom. The first-order chi connectivity index (χ1) is 4.57. The molecule has 0 bridgehead atoms. The van der Waals surface area contributed by atoms with Crippen molar-refractivity contribution in [2.75, 3.05) is 0 Å². The lowest BCUT2D eigenvalue weighted by molar-refractivity contribution is 0.423. The van der Waals surface area contributed by atoms with Crippen LogP contribution in [0.3, 0.4) is 0 Å². The Labute approximate surface area is 62.4 Å². The van der Waals surface area contributed by atoms with Crippen LogP contribution in [0.15, 0.2) is 35.6 Å². The van der Waals surface area contributed by atoms with E-state index in [1.807, 2.05) is 26.8 Å². The number of aliphatic hydroxyl groups excluding tert-OH is 1. The summed E-state index contributed by atoms with van der Waals surface area (Å²) in [5.41, 5.74) is 1.74. The minimum atomic E-state index is 0.301. The first kappa shape index (κ1) is 9.02. The molecule has 10 heavy (non-hydrogen) atoms. The predicted octanol–water partition coefficient (Wildman–Crippen LogP) is 2.97. The van der Waals surface area contributed by atoms with E-state index in [0.29, 0.717) is 5.76 Å². The molecule has 1 nitrogen and oxygen atoms in total. The molecule has 0 aliphatic heterocycles. The summed E-state index contributed by atoms with van der Waals surface area (Å²) in [7, 11) is 0. The molecule has 0 saturated heterocycles. The molecule has 0 aromatic rings. The zero-order valence-electron chi connectivity index (χ0n) is 6.81. The van der Waals surface area contributed by atoms with E-state index in [1.54, 1.807) is 6.08 Å². The monoisotopic (exact) mass is 138 g/mol. The molecule has 0 radical (unpaired) electrons. The molecule has 56 valence electrons. The normalized spacial score (nSPS) is 13.5. The Balaban J connectivity index is 4.35. The van der Waals surface area contributed by atoms with Crippen molar-refractivity contribution in [3.8, 4) is 0 Å². The quantitative estimate of drug-likeness (QED) is 0.459. The number of rotatable bonds is 2. The second-order valence-corrected chi connectivity index (χ2v) is 2.35. The van der Waals surface area contributed by atoms with Crippen LogP contribution in [0.2, 0.25) is 0 Å². The summed E-state index contributed by atoms with van der Waals surface area (Å²) < 4.78 is 0. The summed E-state index contributed by atoms with van der Waals surface area (Å²) in [4.78, 5) is 0. The van der Waals surface area contributed by atoms with E-state index in [2.05, 4.69) is 6.58 Å². The predicted molar refractivity (Wildman–Crippen MR) is 45.0 cm³/mol. The van der Waals surface area contributed by atoms with Crippen LogP contribution in [0.4, 0.5) is 0 Å². The van der Waals surface area contributed by atoms with E-state index in [9.17, 15) is 5.11 Å². The van der Waals surface area contributed by atoms with Gasteiger partial charge in [0.25, 0.3) is 0 Å². The van der Waals surface area contributed by atoms with Gasteiger partial charge in [-0.2, -0.15) is 0 Å². The van der Waals surface area contributed by atoms with Crippen molar-refractivity contribution in [1.82, 2.24) is 0 Å². The highest BCUT2D eigenvalue weighted by molar-refractivity contribution is 5.28. The lowest BCUT2D eigenvalue weighted by Crippen LogP contribution is -1.82. The van der Waals surface area contributed by atoms with Crippen LogP contribution in [0.1, 0.15) is 20.8 Å². The molecule has 0 atom stereocenters. The summed E-state index contributed by atoms with van der Waals surface area (Å²) in [6.45, 7) is 9.24. The van der Waals surface area contributed by atoms with Crippen molar-refractivity contribution in [2.24, 2.45) is 0 Å². The molecule has 1 N–H and O–H groups in total. The summed E-state index contributed by atoms with van der Waals surface area (Å²) in [5, 5.41) is 9.22. The van der Waals surface area contributed by atoms with Gasteiger partial charge in [-0.1, -0.05) is 18.2 Å². The van der Waals surface area contributed by atoms with Crippen LogP contribution in [-0.2, 0) is 0 Å². The fourth-order valence-electron chi connectivity index (χ4n) is 0.495. The van der Waals surface area contributed by atoms with Crippen molar-refractivity contribution in [3.63, 3.8) is 0 Å². The van der Waals surface area contributed by atoms with Crippen LogP contribution in [0, 0.1) is 0 Å². The summed E-state index contributed by atoms with van der Waals surface area (Å²) in [5.74, 6) is 0.301. The van der Waals surface area contributed by atoms with Gasteiger partial charge in [0.15, 0.2) is 0 Å². The minimum Gasteiger partial charge on any atom is -0.508 e. The van der Waals surface area contributed by atoms with Gasteiger partial charge in [-0.25, -0.2) is 0 Å². The Morgan fingerprint density at radius 1 is 1.40 bits per heavy atom. The van der Waals surface area contributed by atoms with Crippen molar-refractivity contribution in [2.45, 2.75) is 20.8 Å². The molecule has 0 aliphatic carbocycles. The maximum absolute atomic E-state index is 9.22. The number of allylic oxidation sites excluding steroid dienone is 4. The Morgan fingerprint density at radius 2 is 1.90 bits per heavy atom. The van der Waals surface area contributed by atoms with Crippen LogP contribution in [-0.4, -0.2) is 5.11 Å². The molecule has 0 fully saturated rings. The molecule has 0 aromatic heterocycles. The fraction of sp³-hybridized carbons (Fsp3) is 0.333. The summed E-state index contributed by atoms with van der Waals surface area (Å²) in [6.07, 6.45) is 3.50. The molecular formula is C9H14O. The van der Waals surface area contributed by atoms with Gasteiger partial charge in [0, 0.05) is 0 Å². The van der Waals surface area contributed by atoms with Gasteiger partial charge >= 0.3 is 0 Å². The molecule has 1 heteroatoms.